The lowest BCUT2D eigenvalue weighted by molar-refractivity contribution is 0.663. The van der Waals surface area contributed by atoms with Crippen LogP contribution in [-0.4, -0.2) is 8.07 Å². The van der Waals surface area contributed by atoms with E-state index in [9.17, 15) is 0 Å². The van der Waals surface area contributed by atoms with Gasteiger partial charge < -0.3 is 0 Å². The monoisotopic (exact) mass is 252 g/mol. The van der Waals surface area contributed by atoms with Gasteiger partial charge in [-0.15, -0.1) is 5.73 Å². The van der Waals surface area contributed by atoms with Gasteiger partial charge in [-0.2, -0.15) is 0 Å². The molecule has 0 aromatic heterocycles. The molecule has 0 bridgehead atoms. The van der Waals surface area contributed by atoms with E-state index in [0.717, 1.165) is 0 Å². The van der Waals surface area contributed by atoms with E-state index in [1.807, 2.05) is 0 Å². The zero-order valence-electron chi connectivity index (χ0n) is 13.1. The Bertz CT molecular complexity index is 272. The largest absolute Gasteiger partial charge is 0.131 e. The second-order valence-electron chi connectivity index (χ2n) is 6.60. The molecule has 1 heteroatoms. The van der Waals surface area contributed by atoms with Crippen LogP contribution in [0.15, 0.2) is 17.0 Å². The van der Waals surface area contributed by atoms with Gasteiger partial charge >= 0.3 is 0 Å². The van der Waals surface area contributed by atoms with E-state index in [2.05, 4.69) is 59.5 Å². The summed E-state index contributed by atoms with van der Waals surface area (Å²) in [5, 5.41) is 2.06. The maximum Gasteiger partial charge on any atom is 0.0906 e. The minimum atomic E-state index is -1.34. The third kappa shape index (κ3) is 5.27. The number of rotatable bonds is 6. The van der Waals surface area contributed by atoms with Crippen LogP contribution >= 0.6 is 0 Å². The summed E-state index contributed by atoms with van der Waals surface area (Å²) in [5.41, 5.74) is 3.56. The van der Waals surface area contributed by atoms with Crippen LogP contribution in [0.3, 0.4) is 0 Å². The van der Waals surface area contributed by atoms with Gasteiger partial charge in [0.15, 0.2) is 0 Å². The van der Waals surface area contributed by atoms with Gasteiger partial charge in [0.2, 0.25) is 0 Å². The fourth-order valence-corrected chi connectivity index (χ4v) is 4.13. The molecule has 0 heterocycles. The van der Waals surface area contributed by atoms with E-state index in [-0.39, 0.29) is 0 Å². The molecule has 0 aromatic carbocycles. The second-order valence-corrected chi connectivity index (χ2v) is 12.0. The summed E-state index contributed by atoms with van der Waals surface area (Å²) in [7, 11) is -1.34. The Morgan fingerprint density at radius 2 is 1.71 bits per heavy atom. The molecule has 0 saturated carbocycles. The van der Waals surface area contributed by atoms with Gasteiger partial charge in [-0.3, -0.25) is 0 Å². The molecule has 100 valence electrons. The Labute approximate surface area is 110 Å². The summed E-state index contributed by atoms with van der Waals surface area (Å²) in [5.74, 6) is 0. The lowest BCUT2D eigenvalue weighted by atomic mass is 10.1. The highest BCUT2D eigenvalue weighted by atomic mass is 28.3. The van der Waals surface area contributed by atoms with Crippen LogP contribution < -0.4 is 0 Å². The van der Waals surface area contributed by atoms with E-state index < -0.39 is 8.07 Å². The van der Waals surface area contributed by atoms with Crippen molar-refractivity contribution in [3.63, 3.8) is 0 Å². The lowest BCUT2D eigenvalue weighted by Gasteiger charge is -2.38. The number of hydrogen-bond acceptors (Lipinski definition) is 0. The molecule has 0 fully saturated rings. The lowest BCUT2D eigenvalue weighted by Crippen LogP contribution is -2.39. The summed E-state index contributed by atoms with van der Waals surface area (Å²) in [6.45, 7) is 16.5. The topological polar surface area (TPSA) is 0 Å². The molecule has 17 heavy (non-hydrogen) atoms. The van der Waals surface area contributed by atoms with Crippen LogP contribution in [0.5, 0.6) is 0 Å². The maximum absolute atomic E-state index is 3.56. The first-order valence-corrected chi connectivity index (χ1v) is 10.2. The van der Waals surface area contributed by atoms with Gasteiger partial charge in [-0.05, 0) is 36.1 Å². The average molecular weight is 253 g/mol. The van der Waals surface area contributed by atoms with Crippen molar-refractivity contribution in [3.05, 3.63) is 17.0 Å². The highest BCUT2D eigenvalue weighted by Crippen LogP contribution is 2.41. The van der Waals surface area contributed by atoms with Crippen molar-refractivity contribution < 1.29 is 0 Å². The molecule has 0 unspecified atom stereocenters. The minimum Gasteiger partial charge on any atom is -0.131 e. The Morgan fingerprint density at radius 1 is 1.12 bits per heavy atom. The zero-order chi connectivity index (χ0) is 13.5. The fourth-order valence-electron chi connectivity index (χ4n) is 1.92. The van der Waals surface area contributed by atoms with Gasteiger partial charge in [0.1, 0.15) is 0 Å². The van der Waals surface area contributed by atoms with Crippen LogP contribution in [0, 0.1) is 0 Å². The third-order valence-electron chi connectivity index (χ3n) is 4.23. The summed E-state index contributed by atoms with van der Waals surface area (Å²) >= 11 is 0. The Balaban J connectivity index is 4.72. The number of hydrogen-bond donors (Lipinski definition) is 0. The highest BCUT2D eigenvalue weighted by Gasteiger charge is 2.38. The molecule has 0 atom stereocenters. The molecule has 0 rings (SSSR count). The SMILES string of the molecule is CC=C=C(CCCCCC)[Si](C)(C)C(C)(C)C. The average Bonchev–Trinajstić information content (AvgIpc) is 2.21. The Morgan fingerprint density at radius 3 is 2.12 bits per heavy atom. The number of allylic oxidation sites excluding steroid dienone is 1. The van der Waals surface area contributed by atoms with Crippen LogP contribution in [0.2, 0.25) is 18.1 Å². The van der Waals surface area contributed by atoms with Crippen molar-refractivity contribution in [2.75, 3.05) is 0 Å². The predicted molar refractivity (Wildman–Crippen MR) is 83.2 cm³/mol. The first-order valence-electron chi connectivity index (χ1n) is 7.18. The predicted octanol–water partition coefficient (Wildman–Crippen LogP) is 6.11. The molecule has 0 spiro atoms. The van der Waals surface area contributed by atoms with Crippen molar-refractivity contribution in [1.29, 1.82) is 0 Å². The van der Waals surface area contributed by atoms with Crippen molar-refractivity contribution in [1.82, 2.24) is 0 Å². The van der Waals surface area contributed by atoms with E-state index in [4.69, 9.17) is 0 Å². The van der Waals surface area contributed by atoms with E-state index >= 15 is 0 Å². The smallest absolute Gasteiger partial charge is 0.0906 e. The van der Waals surface area contributed by atoms with E-state index in [1.165, 1.54) is 32.1 Å². The van der Waals surface area contributed by atoms with Crippen LogP contribution in [0.25, 0.3) is 0 Å². The summed E-state index contributed by atoms with van der Waals surface area (Å²) in [6.07, 6.45) is 8.79. The van der Waals surface area contributed by atoms with Crippen molar-refractivity contribution in [2.45, 2.75) is 84.9 Å². The normalized spacial score (nSPS) is 12.2. The standard InChI is InChI=1S/C16H32Si/c1-8-10-11-12-14-15(13-9-2)17(6,7)16(3,4)5/h9H,8,10-12,14H2,1-7H3. The van der Waals surface area contributed by atoms with Gasteiger partial charge in [0.05, 0.1) is 8.07 Å². The van der Waals surface area contributed by atoms with Gasteiger partial charge in [-0.1, -0.05) is 60.1 Å². The first kappa shape index (κ1) is 16.7. The highest BCUT2D eigenvalue weighted by molar-refractivity contribution is 6.86. The van der Waals surface area contributed by atoms with Crippen molar-refractivity contribution >= 4 is 8.07 Å². The molecular weight excluding hydrogens is 220 g/mol. The molecule has 0 aromatic rings. The molecule has 0 aliphatic carbocycles. The van der Waals surface area contributed by atoms with Crippen LogP contribution in [-0.2, 0) is 0 Å². The molecule has 0 nitrogen and oxygen atoms in total. The van der Waals surface area contributed by atoms with Crippen molar-refractivity contribution in [3.8, 4) is 0 Å². The first-order chi connectivity index (χ1) is 7.77. The van der Waals surface area contributed by atoms with Gasteiger partial charge in [0.25, 0.3) is 0 Å². The Kier molecular flexibility index (Phi) is 7.12. The summed E-state index contributed by atoms with van der Waals surface area (Å²) in [4.78, 5) is 0. The van der Waals surface area contributed by atoms with Gasteiger partial charge in [-0.25, -0.2) is 0 Å². The van der Waals surface area contributed by atoms with Crippen LogP contribution in [0.4, 0.5) is 0 Å². The fraction of sp³-hybridized carbons (Fsp3) is 0.812. The minimum absolute atomic E-state index is 0.434. The van der Waals surface area contributed by atoms with Crippen molar-refractivity contribution in [2.24, 2.45) is 0 Å². The Hall–Kier alpha value is -0.263. The molecular formula is C16H32Si. The zero-order valence-corrected chi connectivity index (χ0v) is 14.1. The molecule has 0 aliphatic heterocycles. The van der Waals surface area contributed by atoms with E-state index in [0.29, 0.717) is 5.04 Å². The number of unbranched alkanes of at least 4 members (excludes halogenated alkanes) is 3. The van der Waals surface area contributed by atoms with Crippen LogP contribution in [0.1, 0.15) is 66.7 Å². The van der Waals surface area contributed by atoms with E-state index in [1.54, 1.807) is 5.20 Å². The second kappa shape index (κ2) is 7.23. The third-order valence-corrected chi connectivity index (χ3v) is 9.88. The molecule has 0 saturated heterocycles. The summed E-state index contributed by atoms with van der Waals surface area (Å²) in [6, 6.07) is 0. The molecule has 0 radical (unpaired) electrons. The molecule has 0 aliphatic rings. The summed E-state index contributed by atoms with van der Waals surface area (Å²) < 4.78 is 0. The molecule has 0 N–H and O–H groups in total. The molecule has 0 amide bonds. The quantitative estimate of drug-likeness (QED) is 0.304. The van der Waals surface area contributed by atoms with Gasteiger partial charge in [0, 0.05) is 0 Å². The maximum atomic E-state index is 3.56.